The molecule has 2 rings (SSSR count). The molecular formula is C14H12ClF3N2. The number of benzene rings is 1. The Balaban J connectivity index is 2.20. The number of nitrogens with one attached hydrogen (secondary N) is 1. The van der Waals surface area contributed by atoms with E-state index in [-0.39, 0.29) is 11.9 Å². The van der Waals surface area contributed by atoms with E-state index in [4.69, 9.17) is 11.6 Å². The molecule has 106 valence electrons. The van der Waals surface area contributed by atoms with Crippen LogP contribution >= 0.6 is 11.6 Å². The van der Waals surface area contributed by atoms with Crippen molar-refractivity contribution in [3.8, 4) is 0 Å². The molecule has 1 heterocycles. The average molecular weight is 301 g/mol. The van der Waals surface area contributed by atoms with Gasteiger partial charge in [0.05, 0.1) is 11.6 Å². The molecule has 20 heavy (non-hydrogen) atoms. The largest absolute Gasteiger partial charge is 0.416 e. The highest BCUT2D eigenvalue weighted by Gasteiger charge is 2.30. The van der Waals surface area contributed by atoms with Crippen LogP contribution in [0.5, 0.6) is 0 Å². The smallest absolute Gasteiger partial charge is 0.363 e. The third-order valence-corrected chi connectivity index (χ3v) is 3.17. The highest BCUT2D eigenvalue weighted by Crippen LogP contribution is 2.31. The van der Waals surface area contributed by atoms with Gasteiger partial charge in [-0.3, -0.25) is 0 Å². The molecule has 1 unspecified atom stereocenters. The van der Waals surface area contributed by atoms with Crippen molar-refractivity contribution in [2.75, 3.05) is 5.32 Å². The van der Waals surface area contributed by atoms with Crippen LogP contribution in [0, 0.1) is 0 Å². The molecule has 0 saturated carbocycles. The van der Waals surface area contributed by atoms with Crippen LogP contribution in [-0.2, 0) is 6.18 Å². The summed E-state index contributed by atoms with van der Waals surface area (Å²) in [5.41, 5.74) is 0.0646. The summed E-state index contributed by atoms with van der Waals surface area (Å²) in [6.45, 7) is 1.81. The van der Waals surface area contributed by atoms with Crippen molar-refractivity contribution in [1.29, 1.82) is 0 Å². The van der Waals surface area contributed by atoms with Crippen LogP contribution in [0.15, 0.2) is 42.6 Å². The summed E-state index contributed by atoms with van der Waals surface area (Å²) in [5.74, 6) is 0.159. The molecule has 1 atom stereocenters. The van der Waals surface area contributed by atoms with Crippen molar-refractivity contribution >= 4 is 17.4 Å². The summed E-state index contributed by atoms with van der Waals surface area (Å²) >= 11 is 6.05. The number of halogens is 4. The van der Waals surface area contributed by atoms with Gasteiger partial charge in [0, 0.05) is 11.2 Å². The standard InChI is InChI=1S/C14H12ClF3N2/c1-9(11-4-2-3-5-12(11)15)20-13-8-10(6-7-19-13)14(16,17)18/h2-9H,1H3,(H,19,20). The van der Waals surface area contributed by atoms with Crippen LogP contribution in [0.1, 0.15) is 24.1 Å². The molecule has 6 heteroatoms. The Bertz CT molecular complexity index is 599. The fourth-order valence-corrected chi connectivity index (χ4v) is 2.11. The lowest BCUT2D eigenvalue weighted by molar-refractivity contribution is -0.137. The lowest BCUT2D eigenvalue weighted by Crippen LogP contribution is -2.11. The molecule has 1 aromatic carbocycles. The van der Waals surface area contributed by atoms with Crippen LogP contribution in [0.3, 0.4) is 0 Å². The summed E-state index contributed by atoms with van der Waals surface area (Å²) in [6, 6.07) is 8.82. The first-order valence-corrected chi connectivity index (χ1v) is 6.30. The number of alkyl halides is 3. The fraction of sp³-hybridized carbons (Fsp3) is 0.214. The maximum absolute atomic E-state index is 12.6. The van der Waals surface area contributed by atoms with E-state index in [9.17, 15) is 13.2 Å². The van der Waals surface area contributed by atoms with Crippen LogP contribution in [-0.4, -0.2) is 4.98 Å². The Kier molecular flexibility index (Phi) is 4.18. The molecule has 0 spiro atoms. The Hall–Kier alpha value is -1.75. The van der Waals surface area contributed by atoms with Gasteiger partial charge in [-0.15, -0.1) is 0 Å². The molecule has 0 fully saturated rings. The molecule has 0 radical (unpaired) electrons. The maximum atomic E-state index is 12.6. The number of hydrogen-bond donors (Lipinski definition) is 1. The Morgan fingerprint density at radius 1 is 1.20 bits per heavy atom. The quantitative estimate of drug-likeness (QED) is 0.869. The van der Waals surface area contributed by atoms with Crippen LogP contribution in [0.25, 0.3) is 0 Å². The number of hydrogen-bond acceptors (Lipinski definition) is 2. The molecule has 1 aromatic heterocycles. The van der Waals surface area contributed by atoms with Gasteiger partial charge in [-0.2, -0.15) is 13.2 Å². The maximum Gasteiger partial charge on any atom is 0.416 e. The topological polar surface area (TPSA) is 24.9 Å². The number of anilines is 1. The van der Waals surface area contributed by atoms with E-state index in [0.29, 0.717) is 5.02 Å². The second-order valence-corrected chi connectivity index (χ2v) is 4.72. The van der Waals surface area contributed by atoms with Gasteiger partial charge in [-0.1, -0.05) is 29.8 Å². The van der Waals surface area contributed by atoms with Gasteiger partial charge in [-0.05, 0) is 30.7 Å². The summed E-state index contributed by atoms with van der Waals surface area (Å²) in [7, 11) is 0. The van der Waals surface area contributed by atoms with Gasteiger partial charge in [0.25, 0.3) is 0 Å². The van der Waals surface area contributed by atoms with Crippen molar-refractivity contribution in [3.05, 3.63) is 58.7 Å². The van der Waals surface area contributed by atoms with Crippen molar-refractivity contribution < 1.29 is 13.2 Å². The third-order valence-electron chi connectivity index (χ3n) is 2.82. The number of aromatic nitrogens is 1. The van der Waals surface area contributed by atoms with Gasteiger partial charge in [0.1, 0.15) is 5.82 Å². The molecular weight excluding hydrogens is 289 g/mol. The summed E-state index contributed by atoms with van der Waals surface area (Å²) in [5, 5.41) is 3.47. The third kappa shape index (κ3) is 3.42. The molecule has 2 aromatic rings. The first kappa shape index (κ1) is 14.7. The van der Waals surface area contributed by atoms with E-state index < -0.39 is 11.7 Å². The Labute approximate surface area is 119 Å². The van der Waals surface area contributed by atoms with E-state index >= 15 is 0 Å². The van der Waals surface area contributed by atoms with E-state index in [1.165, 1.54) is 0 Å². The number of rotatable bonds is 3. The zero-order valence-corrected chi connectivity index (χ0v) is 11.3. The van der Waals surface area contributed by atoms with E-state index in [1.807, 2.05) is 19.1 Å². The Morgan fingerprint density at radius 3 is 2.55 bits per heavy atom. The molecule has 0 aliphatic rings. The van der Waals surface area contributed by atoms with E-state index in [1.54, 1.807) is 12.1 Å². The van der Waals surface area contributed by atoms with E-state index in [0.717, 1.165) is 23.9 Å². The molecule has 0 saturated heterocycles. The minimum absolute atomic E-state index is 0.159. The first-order chi connectivity index (χ1) is 9.38. The van der Waals surface area contributed by atoms with Gasteiger partial charge in [0.15, 0.2) is 0 Å². The molecule has 2 nitrogen and oxygen atoms in total. The molecule has 0 bridgehead atoms. The van der Waals surface area contributed by atoms with Gasteiger partial charge < -0.3 is 5.32 Å². The molecule has 0 aliphatic carbocycles. The van der Waals surface area contributed by atoms with Crippen LogP contribution < -0.4 is 5.32 Å². The zero-order valence-electron chi connectivity index (χ0n) is 10.6. The fourth-order valence-electron chi connectivity index (χ4n) is 1.81. The molecule has 0 amide bonds. The lowest BCUT2D eigenvalue weighted by atomic mass is 10.1. The molecule has 1 N–H and O–H groups in total. The van der Waals surface area contributed by atoms with E-state index in [2.05, 4.69) is 10.3 Å². The normalized spacial score (nSPS) is 13.1. The second-order valence-electron chi connectivity index (χ2n) is 4.32. The summed E-state index contributed by atoms with van der Waals surface area (Å²) in [6.07, 6.45) is -3.25. The highest BCUT2D eigenvalue weighted by molar-refractivity contribution is 6.31. The van der Waals surface area contributed by atoms with Crippen molar-refractivity contribution in [2.45, 2.75) is 19.1 Å². The highest BCUT2D eigenvalue weighted by atomic mass is 35.5. The van der Waals surface area contributed by atoms with Gasteiger partial charge in [-0.25, -0.2) is 4.98 Å². The van der Waals surface area contributed by atoms with Crippen molar-refractivity contribution in [2.24, 2.45) is 0 Å². The number of pyridine rings is 1. The predicted octanol–water partition coefficient (Wildman–Crippen LogP) is 4.93. The van der Waals surface area contributed by atoms with Crippen LogP contribution in [0.2, 0.25) is 5.02 Å². The minimum atomic E-state index is -4.38. The summed E-state index contributed by atoms with van der Waals surface area (Å²) in [4.78, 5) is 3.89. The SMILES string of the molecule is CC(Nc1cc(C(F)(F)F)ccn1)c1ccccc1Cl. The average Bonchev–Trinajstić information content (AvgIpc) is 2.38. The Morgan fingerprint density at radius 2 is 1.90 bits per heavy atom. The first-order valence-electron chi connectivity index (χ1n) is 5.92. The minimum Gasteiger partial charge on any atom is -0.363 e. The van der Waals surface area contributed by atoms with Gasteiger partial charge >= 0.3 is 6.18 Å². The number of nitrogens with zero attached hydrogens (tertiary/aromatic N) is 1. The zero-order chi connectivity index (χ0) is 14.8. The molecule has 0 aliphatic heterocycles. The van der Waals surface area contributed by atoms with Crippen molar-refractivity contribution in [1.82, 2.24) is 4.98 Å². The summed E-state index contributed by atoms with van der Waals surface area (Å²) < 4.78 is 37.8. The predicted molar refractivity (Wildman–Crippen MR) is 72.7 cm³/mol. The van der Waals surface area contributed by atoms with Crippen LogP contribution in [0.4, 0.5) is 19.0 Å². The van der Waals surface area contributed by atoms with Crippen molar-refractivity contribution in [3.63, 3.8) is 0 Å². The lowest BCUT2D eigenvalue weighted by Gasteiger charge is -2.17. The second kappa shape index (κ2) is 5.71. The van der Waals surface area contributed by atoms with Gasteiger partial charge in [0.2, 0.25) is 0 Å². The monoisotopic (exact) mass is 300 g/mol.